The maximum absolute atomic E-state index is 6.17. The van der Waals surface area contributed by atoms with E-state index in [2.05, 4.69) is 61.6 Å². The summed E-state index contributed by atoms with van der Waals surface area (Å²) in [6.07, 6.45) is 10.2. The standard InChI is InChI=1S/C22H19NO/c1-14-6-4-7-15-12-13-19(23-21(14)15)18-10-5-9-17-16-8-2-3-11-20(16)24-22(17)18/h2-6,8-15,21H,7H2,1H3. The molecule has 1 aliphatic carbocycles. The van der Waals surface area contributed by atoms with Gasteiger partial charge in [-0.1, -0.05) is 55.5 Å². The molecule has 0 saturated carbocycles. The highest BCUT2D eigenvalue weighted by molar-refractivity contribution is 6.19. The van der Waals surface area contributed by atoms with Crippen LogP contribution in [0.2, 0.25) is 0 Å². The van der Waals surface area contributed by atoms with E-state index in [-0.39, 0.29) is 0 Å². The molecule has 2 nitrogen and oxygen atoms in total. The lowest BCUT2D eigenvalue weighted by molar-refractivity contribution is 0.405. The van der Waals surface area contributed by atoms with E-state index in [9.17, 15) is 0 Å². The van der Waals surface area contributed by atoms with Gasteiger partial charge in [-0.3, -0.25) is 4.99 Å². The van der Waals surface area contributed by atoms with Crippen LogP contribution in [0.15, 0.2) is 76.2 Å². The van der Waals surface area contributed by atoms with Gasteiger partial charge in [-0.2, -0.15) is 0 Å². The molecule has 118 valence electrons. The van der Waals surface area contributed by atoms with Crippen molar-refractivity contribution in [3.63, 3.8) is 0 Å². The van der Waals surface area contributed by atoms with Crippen molar-refractivity contribution in [2.24, 2.45) is 16.8 Å². The van der Waals surface area contributed by atoms with E-state index >= 15 is 0 Å². The van der Waals surface area contributed by atoms with Crippen molar-refractivity contribution in [1.82, 2.24) is 0 Å². The third-order valence-electron chi connectivity index (χ3n) is 5.29. The van der Waals surface area contributed by atoms with E-state index in [0.717, 1.165) is 34.2 Å². The number of hydrogen-bond acceptors (Lipinski definition) is 2. The molecular formula is C22H19NO. The summed E-state index contributed by atoms with van der Waals surface area (Å²) in [6.45, 7) is 2.26. The Balaban J connectivity index is 1.69. The molecule has 2 aromatic carbocycles. The predicted octanol–water partition coefficient (Wildman–Crippen LogP) is 5.53. The molecular weight excluding hydrogens is 294 g/mol. The maximum atomic E-state index is 6.17. The summed E-state index contributed by atoms with van der Waals surface area (Å²) >= 11 is 0. The molecule has 3 aromatic rings. The zero-order valence-electron chi connectivity index (χ0n) is 13.6. The Morgan fingerprint density at radius 3 is 2.83 bits per heavy atom. The maximum Gasteiger partial charge on any atom is 0.144 e. The molecule has 0 amide bonds. The average molecular weight is 313 g/mol. The molecule has 1 aromatic heterocycles. The predicted molar refractivity (Wildman–Crippen MR) is 99.6 cm³/mol. The summed E-state index contributed by atoms with van der Waals surface area (Å²) < 4.78 is 6.17. The molecule has 5 rings (SSSR count). The SMILES string of the molecule is CC1C=CCC2C=CC(c3cccc4c3oc3ccccc34)=NC12. The lowest BCUT2D eigenvalue weighted by Crippen LogP contribution is -2.30. The molecule has 3 unspecified atom stereocenters. The van der Waals surface area contributed by atoms with Crippen molar-refractivity contribution in [2.45, 2.75) is 19.4 Å². The topological polar surface area (TPSA) is 25.5 Å². The average Bonchev–Trinajstić information content (AvgIpc) is 3.01. The quantitative estimate of drug-likeness (QED) is 0.543. The lowest BCUT2D eigenvalue weighted by Gasteiger charge is -2.31. The lowest BCUT2D eigenvalue weighted by atomic mass is 9.80. The molecule has 0 saturated heterocycles. The van der Waals surface area contributed by atoms with Crippen LogP contribution in [0.3, 0.4) is 0 Å². The van der Waals surface area contributed by atoms with E-state index in [1.54, 1.807) is 0 Å². The van der Waals surface area contributed by atoms with Gasteiger partial charge in [-0.05, 0) is 30.5 Å². The zero-order valence-corrected chi connectivity index (χ0v) is 13.6. The van der Waals surface area contributed by atoms with Crippen LogP contribution >= 0.6 is 0 Å². The molecule has 24 heavy (non-hydrogen) atoms. The number of furan rings is 1. The molecule has 0 spiro atoms. The number of dihydropyridines is 1. The van der Waals surface area contributed by atoms with E-state index in [1.165, 1.54) is 5.39 Å². The van der Waals surface area contributed by atoms with E-state index in [1.807, 2.05) is 12.1 Å². The van der Waals surface area contributed by atoms with Gasteiger partial charge >= 0.3 is 0 Å². The van der Waals surface area contributed by atoms with Gasteiger partial charge in [0.2, 0.25) is 0 Å². The Labute approximate surface area is 141 Å². The molecule has 2 aliphatic rings. The summed E-state index contributed by atoms with van der Waals surface area (Å²) in [5, 5.41) is 2.33. The van der Waals surface area contributed by atoms with Crippen LogP contribution in [0.1, 0.15) is 18.9 Å². The summed E-state index contributed by atoms with van der Waals surface area (Å²) in [7, 11) is 0. The monoisotopic (exact) mass is 313 g/mol. The fourth-order valence-corrected chi connectivity index (χ4v) is 4.03. The van der Waals surface area contributed by atoms with E-state index in [0.29, 0.717) is 17.9 Å². The highest BCUT2D eigenvalue weighted by Gasteiger charge is 2.29. The highest BCUT2D eigenvalue weighted by Crippen LogP contribution is 2.34. The van der Waals surface area contributed by atoms with Gasteiger partial charge in [0.15, 0.2) is 0 Å². The second-order valence-corrected chi connectivity index (χ2v) is 6.83. The highest BCUT2D eigenvalue weighted by atomic mass is 16.3. The molecule has 0 N–H and O–H groups in total. The third kappa shape index (κ3) is 1.99. The zero-order chi connectivity index (χ0) is 16.1. The van der Waals surface area contributed by atoms with Crippen LogP contribution in [0.4, 0.5) is 0 Å². The van der Waals surface area contributed by atoms with Crippen LogP contribution in [-0.4, -0.2) is 11.8 Å². The van der Waals surface area contributed by atoms with Gasteiger partial charge in [0.25, 0.3) is 0 Å². The number of allylic oxidation sites excluding steroid dienone is 2. The van der Waals surface area contributed by atoms with Gasteiger partial charge in [0.05, 0.1) is 11.8 Å². The van der Waals surface area contributed by atoms with Gasteiger partial charge in [0.1, 0.15) is 11.2 Å². The summed E-state index contributed by atoms with van der Waals surface area (Å²) in [4.78, 5) is 5.09. The molecule has 2 heteroatoms. The molecule has 3 atom stereocenters. The number of rotatable bonds is 1. The van der Waals surface area contributed by atoms with Gasteiger partial charge < -0.3 is 4.42 Å². The van der Waals surface area contributed by atoms with E-state index in [4.69, 9.17) is 9.41 Å². The molecule has 0 radical (unpaired) electrons. The number of nitrogens with zero attached hydrogens (tertiary/aromatic N) is 1. The van der Waals surface area contributed by atoms with Crippen LogP contribution < -0.4 is 0 Å². The van der Waals surface area contributed by atoms with Crippen molar-refractivity contribution in [2.75, 3.05) is 0 Å². The second-order valence-electron chi connectivity index (χ2n) is 6.83. The summed E-state index contributed by atoms with van der Waals surface area (Å²) in [5.74, 6) is 1.02. The van der Waals surface area contributed by atoms with Gasteiger partial charge in [0, 0.05) is 22.3 Å². The Morgan fingerprint density at radius 1 is 1.00 bits per heavy atom. The number of aliphatic imine (C=N–C) groups is 1. The first kappa shape index (κ1) is 13.8. The number of para-hydroxylation sites is 2. The fourth-order valence-electron chi connectivity index (χ4n) is 4.03. The van der Waals surface area contributed by atoms with Crippen molar-refractivity contribution in [3.8, 4) is 0 Å². The molecule has 0 fully saturated rings. The van der Waals surface area contributed by atoms with E-state index < -0.39 is 0 Å². The Hall–Kier alpha value is -2.61. The fraction of sp³-hybridized carbons (Fsp3) is 0.227. The normalized spacial score (nSPS) is 25.9. The molecule has 1 aliphatic heterocycles. The first-order valence-electron chi connectivity index (χ1n) is 8.64. The second kappa shape index (κ2) is 5.20. The third-order valence-corrected chi connectivity index (χ3v) is 5.29. The smallest absolute Gasteiger partial charge is 0.144 e. The Kier molecular flexibility index (Phi) is 2.99. The first-order valence-corrected chi connectivity index (χ1v) is 8.64. The number of benzene rings is 2. The van der Waals surface area contributed by atoms with Crippen LogP contribution in [0.5, 0.6) is 0 Å². The van der Waals surface area contributed by atoms with Crippen LogP contribution in [0.25, 0.3) is 21.9 Å². The number of hydrogen-bond donors (Lipinski definition) is 0. The minimum absolute atomic E-state index is 0.342. The largest absolute Gasteiger partial charge is 0.455 e. The Bertz CT molecular complexity index is 1020. The van der Waals surface area contributed by atoms with Crippen molar-refractivity contribution < 1.29 is 4.42 Å². The van der Waals surface area contributed by atoms with Crippen LogP contribution in [-0.2, 0) is 0 Å². The van der Waals surface area contributed by atoms with Crippen molar-refractivity contribution in [1.29, 1.82) is 0 Å². The molecule has 0 bridgehead atoms. The van der Waals surface area contributed by atoms with Crippen LogP contribution in [0, 0.1) is 11.8 Å². The van der Waals surface area contributed by atoms with Gasteiger partial charge in [-0.25, -0.2) is 0 Å². The van der Waals surface area contributed by atoms with Crippen molar-refractivity contribution >= 4 is 27.7 Å². The minimum atomic E-state index is 0.342. The minimum Gasteiger partial charge on any atom is -0.455 e. The first-order chi connectivity index (χ1) is 11.8. The van der Waals surface area contributed by atoms with Crippen molar-refractivity contribution in [3.05, 3.63) is 72.3 Å². The summed E-state index contributed by atoms with van der Waals surface area (Å²) in [5.41, 5.74) is 4.02. The van der Waals surface area contributed by atoms with Gasteiger partial charge in [-0.15, -0.1) is 0 Å². The summed E-state index contributed by atoms with van der Waals surface area (Å²) in [6, 6.07) is 14.9. The molecule has 2 heterocycles. The Morgan fingerprint density at radius 2 is 1.88 bits per heavy atom. The number of fused-ring (bicyclic) bond motifs is 4.